The highest BCUT2D eigenvalue weighted by atomic mass is 32.1. The molecular formula is C22H28N4OS. The number of para-hydroxylation sites is 1. The molecule has 1 aliphatic heterocycles. The van der Waals surface area contributed by atoms with Crippen LogP contribution in [0.3, 0.4) is 0 Å². The van der Waals surface area contributed by atoms with E-state index in [-0.39, 0.29) is 5.91 Å². The molecule has 0 aliphatic carbocycles. The van der Waals surface area contributed by atoms with Gasteiger partial charge in [0.1, 0.15) is 0 Å². The van der Waals surface area contributed by atoms with Crippen molar-refractivity contribution in [2.24, 2.45) is 0 Å². The zero-order valence-corrected chi connectivity index (χ0v) is 17.4. The van der Waals surface area contributed by atoms with E-state index in [1.165, 1.54) is 5.56 Å². The summed E-state index contributed by atoms with van der Waals surface area (Å²) in [4.78, 5) is 16.8. The molecular weight excluding hydrogens is 368 g/mol. The summed E-state index contributed by atoms with van der Waals surface area (Å²) in [7, 11) is 0. The number of nitrogens with zero attached hydrogens (tertiary/aromatic N) is 2. The number of rotatable bonds is 5. The summed E-state index contributed by atoms with van der Waals surface area (Å²) in [6.45, 7) is 8.49. The van der Waals surface area contributed by atoms with Crippen molar-refractivity contribution in [1.82, 2.24) is 15.1 Å². The van der Waals surface area contributed by atoms with E-state index in [0.29, 0.717) is 6.54 Å². The minimum atomic E-state index is 0.0376. The van der Waals surface area contributed by atoms with Crippen molar-refractivity contribution in [1.29, 1.82) is 0 Å². The Kier molecular flexibility index (Phi) is 7.01. The molecule has 1 saturated heterocycles. The van der Waals surface area contributed by atoms with E-state index in [9.17, 15) is 4.79 Å². The van der Waals surface area contributed by atoms with E-state index in [1.807, 2.05) is 50.2 Å². The molecule has 0 unspecified atom stereocenters. The van der Waals surface area contributed by atoms with Crippen molar-refractivity contribution < 1.29 is 4.79 Å². The average Bonchev–Trinajstić information content (AvgIpc) is 2.70. The first kappa shape index (κ1) is 20.3. The number of piperazine rings is 1. The van der Waals surface area contributed by atoms with Crippen LogP contribution in [0.4, 0.5) is 5.69 Å². The number of carbonyl (C=O) groups excluding carboxylic acids is 1. The molecule has 1 fully saturated rings. The van der Waals surface area contributed by atoms with Gasteiger partial charge in [-0.15, -0.1) is 0 Å². The summed E-state index contributed by atoms with van der Waals surface area (Å²) in [5.41, 5.74) is 4.32. The van der Waals surface area contributed by atoms with Crippen LogP contribution in [-0.2, 0) is 11.3 Å². The van der Waals surface area contributed by atoms with E-state index in [0.717, 1.165) is 54.7 Å². The number of hydrogen-bond acceptors (Lipinski definition) is 3. The lowest BCUT2D eigenvalue weighted by Crippen LogP contribution is -2.52. The Morgan fingerprint density at radius 1 is 0.964 bits per heavy atom. The van der Waals surface area contributed by atoms with Gasteiger partial charge in [-0.3, -0.25) is 9.69 Å². The molecule has 1 aliphatic rings. The van der Waals surface area contributed by atoms with Crippen LogP contribution < -0.4 is 10.6 Å². The van der Waals surface area contributed by atoms with Crippen LogP contribution in [0.25, 0.3) is 0 Å². The van der Waals surface area contributed by atoms with Gasteiger partial charge in [0.05, 0.1) is 6.54 Å². The van der Waals surface area contributed by atoms with Gasteiger partial charge in [-0.25, -0.2) is 0 Å². The fourth-order valence-corrected chi connectivity index (χ4v) is 3.64. The van der Waals surface area contributed by atoms with Gasteiger partial charge < -0.3 is 15.5 Å². The van der Waals surface area contributed by atoms with Crippen LogP contribution in [-0.4, -0.2) is 53.5 Å². The largest absolute Gasteiger partial charge is 0.358 e. The highest BCUT2D eigenvalue weighted by Gasteiger charge is 2.21. The molecule has 0 spiro atoms. The SMILES string of the molecule is Cc1cccc(C)c1NC(=O)CN1CCN(C(=S)NCc2ccccc2)CC1. The van der Waals surface area contributed by atoms with Crippen LogP contribution in [0.2, 0.25) is 0 Å². The maximum Gasteiger partial charge on any atom is 0.238 e. The van der Waals surface area contributed by atoms with Crippen LogP contribution in [0, 0.1) is 13.8 Å². The Balaban J connectivity index is 1.42. The number of anilines is 1. The second kappa shape index (κ2) is 9.66. The maximum absolute atomic E-state index is 12.5. The lowest BCUT2D eigenvalue weighted by Gasteiger charge is -2.35. The first-order chi connectivity index (χ1) is 13.5. The van der Waals surface area contributed by atoms with Crippen molar-refractivity contribution in [2.45, 2.75) is 20.4 Å². The van der Waals surface area contributed by atoms with Gasteiger partial charge in [0.15, 0.2) is 5.11 Å². The van der Waals surface area contributed by atoms with E-state index in [4.69, 9.17) is 12.2 Å². The zero-order valence-electron chi connectivity index (χ0n) is 16.6. The average molecular weight is 397 g/mol. The fourth-order valence-electron chi connectivity index (χ4n) is 3.39. The zero-order chi connectivity index (χ0) is 19.9. The number of hydrogen-bond donors (Lipinski definition) is 2. The highest BCUT2D eigenvalue weighted by molar-refractivity contribution is 7.80. The third-order valence-corrected chi connectivity index (χ3v) is 5.46. The van der Waals surface area contributed by atoms with E-state index < -0.39 is 0 Å². The minimum absolute atomic E-state index is 0.0376. The monoisotopic (exact) mass is 396 g/mol. The first-order valence-corrected chi connectivity index (χ1v) is 10.1. The number of benzene rings is 2. The summed E-state index contributed by atoms with van der Waals surface area (Å²) in [5.74, 6) is 0.0376. The van der Waals surface area contributed by atoms with Gasteiger partial charge in [-0.05, 0) is 42.8 Å². The van der Waals surface area contributed by atoms with Gasteiger partial charge >= 0.3 is 0 Å². The Morgan fingerprint density at radius 3 is 2.25 bits per heavy atom. The molecule has 0 bridgehead atoms. The first-order valence-electron chi connectivity index (χ1n) is 9.68. The Morgan fingerprint density at radius 2 is 1.61 bits per heavy atom. The van der Waals surface area contributed by atoms with Crippen molar-refractivity contribution >= 4 is 28.9 Å². The smallest absolute Gasteiger partial charge is 0.238 e. The molecule has 148 valence electrons. The third-order valence-electron chi connectivity index (χ3n) is 5.06. The molecule has 0 radical (unpaired) electrons. The van der Waals surface area contributed by atoms with Crippen molar-refractivity contribution in [3.05, 3.63) is 65.2 Å². The third kappa shape index (κ3) is 5.53. The van der Waals surface area contributed by atoms with Gasteiger partial charge in [0.2, 0.25) is 5.91 Å². The fraction of sp³-hybridized carbons (Fsp3) is 0.364. The van der Waals surface area contributed by atoms with E-state index in [1.54, 1.807) is 0 Å². The van der Waals surface area contributed by atoms with Crippen LogP contribution in [0.5, 0.6) is 0 Å². The number of carbonyl (C=O) groups is 1. The van der Waals surface area contributed by atoms with Crippen LogP contribution in [0.15, 0.2) is 48.5 Å². The van der Waals surface area contributed by atoms with Crippen molar-refractivity contribution in [3.63, 3.8) is 0 Å². The summed E-state index contributed by atoms with van der Waals surface area (Å²) < 4.78 is 0. The predicted molar refractivity (Wildman–Crippen MR) is 118 cm³/mol. The molecule has 1 heterocycles. The second-order valence-corrected chi connectivity index (χ2v) is 7.61. The normalized spacial score (nSPS) is 14.6. The maximum atomic E-state index is 12.5. The van der Waals surface area contributed by atoms with Crippen molar-refractivity contribution in [2.75, 3.05) is 38.0 Å². The van der Waals surface area contributed by atoms with E-state index >= 15 is 0 Å². The number of aryl methyl sites for hydroxylation is 2. The molecule has 0 aromatic heterocycles. The molecule has 0 saturated carbocycles. The van der Waals surface area contributed by atoms with Gasteiger partial charge in [-0.1, -0.05) is 48.5 Å². The summed E-state index contributed by atoms with van der Waals surface area (Å²) >= 11 is 5.53. The summed E-state index contributed by atoms with van der Waals surface area (Å²) in [6, 6.07) is 16.3. The predicted octanol–water partition coefficient (Wildman–Crippen LogP) is 2.93. The molecule has 2 aromatic carbocycles. The molecule has 3 rings (SSSR count). The van der Waals surface area contributed by atoms with Gasteiger partial charge in [-0.2, -0.15) is 0 Å². The molecule has 2 N–H and O–H groups in total. The number of nitrogens with one attached hydrogen (secondary N) is 2. The van der Waals surface area contributed by atoms with E-state index in [2.05, 4.69) is 32.6 Å². The molecule has 1 amide bonds. The van der Waals surface area contributed by atoms with Crippen LogP contribution >= 0.6 is 12.2 Å². The topological polar surface area (TPSA) is 47.6 Å². The van der Waals surface area contributed by atoms with Gasteiger partial charge in [0, 0.05) is 38.4 Å². The molecule has 6 heteroatoms. The second-order valence-electron chi connectivity index (χ2n) is 7.22. The standard InChI is InChI=1S/C22H28N4OS/c1-17-7-6-8-18(2)21(17)24-20(27)16-25-11-13-26(14-12-25)22(28)23-15-19-9-4-3-5-10-19/h3-10H,11-16H2,1-2H3,(H,23,28)(H,24,27). The Hall–Kier alpha value is -2.44. The molecule has 5 nitrogen and oxygen atoms in total. The molecule has 28 heavy (non-hydrogen) atoms. The number of amides is 1. The lowest BCUT2D eigenvalue weighted by atomic mass is 10.1. The Bertz CT molecular complexity index is 796. The summed E-state index contributed by atoms with van der Waals surface area (Å²) in [5, 5.41) is 7.18. The molecule has 2 aromatic rings. The number of thiocarbonyl (C=S) groups is 1. The lowest BCUT2D eigenvalue weighted by molar-refractivity contribution is -0.117. The Labute approximate surface area is 172 Å². The molecule has 0 atom stereocenters. The van der Waals surface area contributed by atoms with Gasteiger partial charge in [0.25, 0.3) is 0 Å². The summed E-state index contributed by atoms with van der Waals surface area (Å²) in [6.07, 6.45) is 0. The van der Waals surface area contributed by atoms with Crippen molar-refractivity contribution in [3.8, 4) is 0 Å². The quantitative estimate of drug-likeness (QED) is 0.761. The minimum Gasteiger partial charge on any atom is -0.358 e. The highest BCUT2D eigenvalue weighted by Crippen LogP contribution is 2.19. The van der Waals surface area contributed by atoms with Crippen LogP contribution in [0.1, 0.15) is 16.7 Å².